The highest BCUT2D eigenvalue weighted by molar-refractivity contribution is 5.79. The highest BCUT2D eigenvalue weighted by atomic mass is 19.3. The van der Waals surface area contributed by atoms with Gasteiger partial charge in [-0.1, -0.05) is 42.0 Å². The molecule has 0 saturated carbocycles. The molecule has 1 atom stereocenters. The number of nitrogens with zero attached hydrogens (tertiary/aromatic N) is 1. The quantitative estimate of drug-likeness (QED) is 0.487. The van der Waals surface area contributed by atoms with Crippen LogP contribution in [0.3, 0.4) is 0 Å². The molecule has 146 valence electrons. The van der Waals surface area contributed by atoms with Gasteiger partial charge in [0, 0.05) is 13.1 Å². The normalized spacial score (nSPS) is 12.7. The van der Waals surface area contributed by atoms with Crippen molar-refractivity contribution in [3.05, 3.63) is 65.2 Å². The van der Waals surface area contributed by atoms with E-state index in [0.29, 0.717) is 24.6 Å². The Labute approximate surface area is 158 Å². The number of hydrogen-bond acceptors (Lipinski definition) is 3. The van der Waals surface area contributed by atoms with E-state index < -0.39 is 12.7 Å². The van der Waals surface area contributed by atoms with Gasteiger partial charge < -0.3 is 20.5 Å². The fourth-order valence-corrected chi connectivity index (χ4v) is 2.51. The average molecular weight is 377 g/mol. The molecule has 0 aromatic heterocycles. The number of benzene rings is 2. The van der Waals surface area contributed by atoms with Crippen molar-refractivity contribution in [1.82, 2.24) is 10.6 Å². The van der Waals surface area contributed by atoms with E-state index in [1.807, 2.05) is 32.0 Å². The molecule has 0 radical (unpaired) electrons. The van der Waals surface area contributed by atoms with Gasteiger partial charge in [-0.05, 0) is 37.1 Å². The zero-order valence-electron chi connectivity index (χ0n) is 15.5. The summed E-state index contributed by atoms with van der Waals surface area (Å²) in [6.45, 7) is 2.57. The summed E-state index contributed by atoms with van der Waals surface area (Å²) in [5.74, 6) is 0.651. The zero-order chi connectivity index (χ0) is 19.6. The Balaban J connectivity index is 1.92. The predicted molar refractivity (Wildman–Crippen MR) is 102 cm³/mol. The molecule has 1 unspecified atom stereocenters. The summed E-state index contributed by atoms with van der Waals surface area (Å²) in [6.07, 6.45) is -0.812. The largest absolute Gasteiger partial charge is 0.435 e. The predicted octanol–water partition coefficient (Wildman–Crippen LogP) is 3.39. The highest BCUT2D eigenvalue weighted by Crippen LogP contribution is 2.19. The molecule has 7 heteroatoms. The van der Waals surface area contributed by atoms with Crippen LogP contribution < -0.4 is 15.4 Å². The number of aryl methyl sites for hydroxylation is 1. The number of rotatable bonds is 8. The second kappa shape index (κ2) is 10.5. The van der Waals surface area contributed by atoms with Crippen LogP contribution in [0.15, 0.2) is 53.5 Å². The van der Waals surface area contributed by atoms with E-state index in [1.54, 1.807) is 12.1 Å². The first kappa shape index (κ1) is 20.6. The summed E-state index contributed by atoms with van der Waals surface area (Å²) in [5, 5.41) is 16.5. The first-order valence-electron chi connectivity index (χ1n) is 8.78. The van der Waals surface area contributed by atoms with Crippen molar-refractivity contribution >= 4 is 5.96 Å². The Kier molecular flexibility index (Phi) is 8.00. The molecule has 0 saturated heterocycles. The number of guanidine groups is 1. The van der Waals surface area contributed by atoms with Gasteiger partial charge in [0.1, 0.15) is 5.75 Å². The van der Waals surface area contributed by atoms with E-state index in [-0.39, 0.29) is 12.3 Å². The van der Waals surface area contributed by atoms with E-state index in [2.05, 4.69) is 26.4 Å². The van der Waals surface area contributed by atoms with E-state index in [0.717, 1.165) is 5.56 Å². The third kappa shape index (κ3) is 7.22. The number of halogens is 2. The van der Waals surface area contributed by atoms with Crippen LogP contribution in [0.25, 0.3) is 0 Å². The minimum Gasteiger partial charge on any atom is -0.435 e. The molecule has 0 aliphatic carbocycles. The molecule has 0 aliphatic rings. The van der Waals surface area contributed by atoms with Crippen molar-refractivity contribution in [3.63, 3.8) is 0 Å². The summed E-state index contributed by atoms with van der Waals surface area (Å²) in [7, 11) is 0. The molecule has 0 bridgehead atoms. The molecule has 2 aromatic rings. The van der Waals surface area contributed by atoms with Gasteiger partial charge in [0.15, 0.2) is 5.96 Å². The lowest BCUT2D eigenvalue weighted by atomic mass is 10.1. The third-order valence-corrected chi connectivity index (χ3v) is 3.80. The molecule has 2 aromatic carbocycles. The van der Waals surface area contributed by atoms with Crippen LogP contribution in [-0.4, -0.2) is 30.8 Å². The lowest BCUT2D eigenvalue weighted by Crippen LogP contribution is -2.39. The van der Waals surface area contributed by atoms with Crippen molar-refractivity contribution in [2.45, 2.75) is 33.1 Å². The maximum absolute atomic E-state index is 12.2. The second-order valence-corrected chi connectivity index (χ2v) is 6.03. The van der Waals surface area contributed by atoms with Crippen LogP contribution in [0.1, 0.15) is 29.7 Å². The topological polar surface area (TPSA) is 65.9 Å². The minimum atomic E-state index is -2.87. The third-order valence-electron chi connectivity index (χ3n) is 3.80. The molecule has 3 N–H and O–H groups in total. The molecule has 0 amide bonds. The minimum absolute atomic E-state index is 0.0574. The lowest BCUT2D eigenvalue weighted by molar-refractivity contribution is -0.0498. The first-order valence-corrected chi connectivity index (χ1v) is 8.78. The van der Waals surface area contributed by atoms with Crippen LogP contribution in [0.5, 0.6) is 5.75 Å². The molecule has 0 fully saturated rings. The maximum Gasteiger partial charge on any atom is 0.387 e. The van der Waals surface area contributed by atoms with Gasteiger partial charge in [0.2, 0.25) is 0 Å². The molecular formula is C20H25F2N3O2. The average Bonchev–Trinajstić information content (AvgIpc) is 2.64. The lowest BCUT2D eigenvalue weighted by Gasteiger charge is -2.16. The summed E-state index contributed by atoms with van der Waals surface area (Å²) in [5.41, 5.74) is 2.87. The monoisotopic (exact) mass is 377 g/mol. The molecule has 0 heterocycles. The van der Waals surface area contributed by atoms with Gasteiger partial charge in [-0.15, -0.1) is 0 Å². The van der Waals surface area contributed by atoms with Gasteiger partial charge in [-0.25, -0.2) is 4.99 Å². The van der Waals surface area contributed by atoms with Crippen molar-refractivity contribution in [1.29, 1.82) is 0 Å². The Morgan fingerprint density at radius 2 is 1.89 bits per heavy atom. The molecule has 0 aliphatic heterocycles. The standard InChI is InChI=1S/C20H25F2N3O2/c1-3-23-20(24-12-15-6-4-5-14(2)11-15)25-13-18(26)16-7-9-17(10-8-16)27-19(21)22/h4-11,18-19,26H,3,12-13H2,1-2H3,(H2,23,24,25). The van der Waals surface area contributed by atoms with Crippen molar-refractivity contribution in [3.8, 4) is 5.75 Å². The number of aliphatic imine (C=N–C) groups is 1. The molecule has 5 nitrogen and oxygen atoms in total. The number of alkyl halides is 2. The van der Waals surface area contributed by atoms with E-state index >= 15 is 0 Å². The summed E-state index contributed by atoms with van der Waals surface area (Å²) in [4.78, 5) is 4.52. The van der Waals surface area contributed by atoms with Crippen molar-refractivity contribution in [2.24, 2.45) is 4.99 Å². The van der Waals surface area contributed by atoms with Gasteiger partial charge in [0.25, 0.3) is 0 Å². The number of aliphatic hydroxyl groups excluding tert-OH is 1. The smallest absolute Gasteiger partial charge is 0.387 e. The first-order chi connectivity index (χ1) is 13.0. The molecule has 0 spiro atoms. The van der Waals surface area contributed by atoms with Crippen LogP contribution in [0, 0.1) is 6.92 Å². The molecular weight excluding hydrogens is 352 g/mol. The Morgan fingerprint density at radius 3 is 2.52 bits per heavy atom. The van der Waals surface area contributed by atoms with Gasteiger partial charge in [-0.2, -0.15) is 8.78 Å². The van der Waals surface area contributed by atoms with Crippen molar-refractivity contribution < 1.29 is 18.6 Å². The number of nitrogens with one attached hydrogen (secondary N) is 2. The summed E-state index contributed by atoms with van der Waals surface area (Å²) in [6, 6.07) is 14.0. The van der Waals surface area contributed by atoms with Gasteiger partial charge in [0.05, 0.1) is 12.6 Å². The Morgan fingerprint density at radius 1 is 1.15 bits per heavy atom. The highest BCUT2D eigenvalue weighted by Gasteiger charge is 2.10. The Bertz CT molecular complexity index is 736. The van der Waals surface area contributed by atoms with Gasteiger partial charge >= 0.3 is 6.61 Å². The van der Waals surface area contributed by atoms with E-state index in [4.69, 9.17) is 0 Å². The SMILES string of the molecule is CCNC(=NCc1cccc(C)c1)NCC(O)c1ccc(OC(F)F)cc1. The maximum atomic E-state index is 12.2. The van der Waals surface area contributed by atoms with Crippen molar-refractivity contribution in [2.75, 3.05) is 13.1 Å². The number of hydrogen-bond donors (Lipinski definition) is 3. The fraction of sp³-hybridized carbons (Fsp3) is 0.350. The summed E-state index contributed by atoms with van der Waals surface area (Å²) < 4.78 is 28.7. The summed E-state index contributed by atoms with van der Waals surface area (Å²) >= 11 is 0. The number of aliphatic hydroxyl groups is 1. The second-order valence-electron chi connectivity index (χ2n) is 6.03. The fourth-order valence-electron chi connectivity index (χ4n) is 2.51. The Hall–Kier alpha value is -2.67. The zero-order valence-corrected chi connectivity index (χ0v) is 15.5. The van der Waals surface area contributed by atoms with Crippen LogP contribution in [0.2, 0.25) is 0 Å². The van der Waals surface area contributed by atoms with E-state index in [9.17, 15) is 13.9 Å². The van der Waals surface area contributed by atoms with Crippen LogP contribution in [0.4, 0.5) is 8.78 Å². The number of ether oxygens (including phenoxy) is 1. The van der Waals surface area contributed by atoms with Gasteiger partial charge in [-0.3, -0.25) is 0 Å². The van der Waals surface area contributed by atoms with E-state index in [1.165, 1.54) is 17.7 Å². The van der Waals surface area contributed by atoms with Crippen LogP contribution in [-0.2, 0) is 6.54 Å². The molecule has 2 rings (SSSR count). The molecule has 27 heavy (non-hydrogen) atoms. The van der Waals surface area contributed by atoms with Crippen LogP contribution >= 0.6 is 0 Å².